The lowest BCUT2D eigenvalue weighted by Crippen LogP contribution is -2.35. The molecule has 0 aromatic heterocycles. The van der Waals surface area contributed by atoms with Gasteiger partial charge in [0, 0.05) is 26.2 Å². The van der Waals surface area contributed by atoms with Crippen LogP contribution in [-0.2, 0) is 9.53 Å². The maximum Gasteiger partial charge on any atom is 0.220 e. The highest BCUT2D eigenvalue weighted by atomic mass is 16.5. The Balaban J connectivity index is 3.72. The van der Waals surface area contributed by atoms with Crippen LogP contribution in [0.1, 0.15) is 33.6 Å². The maximum absolute atomic E-state index is 11.5. The molecular weight excluding hydrogens is 194 g/mol. The Morgan fingerprint density at radius 3 is 2.47 bits per heavy atom. The molecule has 0 rings (SSSR count). The lowest BCUT2D eigenvalue weighted by Gasteiger charge is -2.17. The van der Waals surface area contributed by atoms with E-state index in [-0.39, 0.29) is 24.0 Å². The van der Waals surface area contributed by atoms with Gasteiger partial charge in [-0.2, -0.15) is 0 Å². The van der Waals surface area contributed by atoms with Crippen molar-refractivity contribution in [3.63, 3.8) is 0 Å². The van der Waals surface area contributed by atoms with Crippen LogP contribution >= 0.6 is 0 Å². The van der Waals surface area contributed by atoms with Crippen LogP contribution in [0.2, 0.25) is 0 Å². The molecule has 0 fully saturated rings. The Kier molecular flexibility index (Phi) is 7.34. The van der Waals surface area contributed by atoms with Gasteiger partial charge in [0.05, 0.1) is 6.10 Å². The molecule has 0 aliphatic carbocycles. The van der Waals surface area contributed by atoms with Gasteiger partial charge >= 0.3 is 0 Å². The van der Waals surface area contributed by atoms with Crippen molar-refractivity contribution < 1.29 is 14.6 Å². The lowest BCUT2D eigenvalue weighted by atomic mass is 10.1. The normalized spacial score (nSPS) is 16.9. The third-order valence-electron chi connectivity index (χ3n) is 2.09. The quantitative estimate of drug-likeness (QED) is 0.667. The fourth-order valence-corrected chi connectivity index (χ4v) is 1.56. The number of nitrogens with one attached hydrogen (secondary N) is 1. The SMILES string of the molecule is COCC(C)CC(=O)NC(C)CC(C)O. The van der Waals surface area contributed by atoms with Crippen molar-refractivity contribution in [3.05, 3.63) is 0 Å². The molecular formula is C11H23NO3. The van der Waals surface area contributed by atoms with E-state index in [0.717, 1.165) is 0 Å². The first-order valence-electron chi connectivity index (χ1n) is 5.42. The Labute approximate surface area is 92.0 Å². The molecule has 90 valence electrons. The predicted molar refractivity (Wildman–Crippen MR) is 59.6 cm³/mol. The highest BCUT2D eigenvalue weighted by molar-refractivity contribution is 5.76. The summed E-state index contributed by atoms with van der Waals surface area (Å²) < 4.78 is 4.95. The highest BCUT2D eigenvalue weighted by Crippen LogP contribution is 2.03. The van der Waals surface area contributed by atoms with Crippen molar-refractivity contribution in [2.75, 3.05) is 13.7 Å². The number of hydrogen-bond acceptors (Lipinski definition) is 3. The number of amides is 1. The highest BCUT2D eigenvalue weighted by Gasteiger charge is 2.12. The molecule has 2 N–H and O–H groups in total. The van der Waals surface area contributed by atoms with Gasteiger partial charge in [-0.15, -0.1) is 0 Å². The third-order valence-corrected chi connectivity index (χ3v) is 2.09. The van der Waals surface area contributed by atoms with E-state index in [2.05, 4.69) is 5.32 Å². The largest absolute Gasteiger partial charge is 0.393 e. The van der Waals surface area contributed by atoms with Gasteiger partial charge in [-0.3, -0.25) is 4.79 Å². The minimum atomic E-state index is -0.378. The summed E-state index contributed by atoms with van der Waals surface area (Å²) in [6.45, 7) is 6.18. The molecule has 0 bridgehead atoms. The molecule has 0 radical (unpaired) electrons. The second-order valence-electron chi connectivity index (χ2n) is 4.32. The van der Waals surface area contributed by atoms with Gasteiger partial charge in [0.15, 0.2) is 0 Å². The summed E-state index contributed by atoms with van der Waals surface area (Å²) in [6, 6.07) is 0.0206. The first-order valence-corrected chi connectivity index (χ1v) is 5.42. The van der Waals surface area contributed by atoms with Crippen molar-refractivity contribution in [3.8, 4) is 0 Å². The number of aliphatic hydroxyl groups excluding tert-OH is 1. The van der Waals surface area contributed by atoms with Crippen LogP contribution in [0.4, 0.5) is 0 Å². The average Bonchev–Trinajstić information content (AvgIpc) is 2.00. The zero-order chi connectivity index (χ0) is 11.8. The smallest absolute Gasteiger partial charge is 0.220 e. The molecule has 0 aromatic rings. The van der Waals surface area contributed by atoms with E-state index in [0.29, 0.717) is 19.4 Å². The van der Waals surface area contributed by atoms with Crippen molar-refractivity contribution in [1.82, 2.24) is 5.32 Å². The number of hydrogen-bond donors (Lipinski definition) is 2. The average molecular weight is 217 g/mol. The van der Waals surface area contributed by atoms with Crippen LogP contribution in [0.15, 0.2) is 0 Å². The van der Waals surface area contributed by atoms with Gasteiger partial charge in [0.1, 0.15) is 0 Å². The third kappa shape index (κ3) is 8.39. The van der Waals surface area contributed by atoms with Gasteiger partial charge in [0.2, 0.25) is 5.91 Å². The monoisotopic (exact) mass is 217 g/mol. The summed E-state index contributed by atoms with van der Waals surface area (Å²) in [4.78, 5) is 11.5. The Morgan fingerprint density at radius 1 is 1.40 bits per heavy atom. The van der Waals surface area contributed by atoms with E-state index in [4.69, 9.17) is 9.84 Å². The van der Waals surface area contributed by atoms with E-state index in [1.54, 1.807) is 14.0 Å². The van der Waals surface area contributed by atoms with Crippen molar-refractivity contribution in [2.45, 2.75) is 45.8 Å². The molecule has 0 saturated heterocycles. The van der Waals surface area contributed by atoms with Crippen LogP contribution in [-0.4, -0.2) is 36.9 Å². The Morgan fingerprint density at radius 2 is 2.00 bits per heavy atom. The summed E-state index contributed by atoms with van der Waals surface area (Å²) in [7, 11) is 1.63. The van der Waals surface area contributed by atoms with Crippen LogP contribution in [0.25, 0.3) is 0 Å². The van der Waals surface area contributed by atoms with Gasteiger partial charge in [-0.1, -0.05) is 6.92 Å². The second-order valence-corrected chi connectivity index (χ2v) is 4.32. The molecule has 1 amide bonds. The number of ether oxygens (including phenoxy) is 1. The Bertz CT molecular complexity index is 183. The topological polar surface area (TPSA) is 58.6 Å². The van der Waals surface area contributed by atoms with Crippen LogP contribution in [0.3, 0.4) is 0 Å². The molecule has 4 heteroatoms. The van der Waals surface area contributed by atoms with E-state index < -0.39 is 0 Å². The number of rotatable bonds is 7. The molecule has 0 spiro atoms. The minimum absolute atomic E-state index is 0.0206. The second kappa shape index (κ2) is 7.65. The Hall–Kier alpha value is -0.610. The van der Waals surface area contributed by atoms with Gasteiger partial charge in [0.25, 0.3) is 0 Å². The molecule has 3 unspecified atom stereocenters. The standard InChI is InChI=1S/C11H23NO3/c1-8(7-15-4)5-11(14)12-9(2)6-10(3)13/h8-10,13H,5-7H2,1-4H3,(H,12,14). The minimum Gasteiger partial charge on any atom is -0.393 e. The zero-order valence-electron chi connectivity index (χ0n) is 10.1. The summed E-state index contributed by atoms with van der Waals surface area (Å²) in [5, 5.41) is 12.0. The fourth-order valence-electron chi connectivity index (χ4n) is 1.56. The molecule has 4 nitrogen and oxygen atoms in total. The van der Waals surface area contributed by atoms with Crippen LogP contribution in [0, 0.1) is 5.92 Å². The molecule has 0 saturated carbocycles. The number of aliphatic hydroxyl groups is 1. The molecule has 3 atom stereocenters. The number of methoxy groups -OCH3 is 1. The lowest BCUT2D eigenvalue weighted by molar-refractivity contribution is -0.123. The van der Waals surface area contributed by atoms with E-state index in [9.17, 15) is 4.79 Å². The fraction of sp³-hybridized carbons (Fsp3) is 0.909. The zero-order valence-corrected chi connectivity index (χ0v) is 10.1. The van der Waals surface area contributed by atoms with E-state index in [1.807, 2.05) is 13.8 Å². The molecule has 0 aromatic carbocycles. The van der Waals surface area contributed by atoms with Crippen LogP contribution < -0.4 is 5.32 Å². The van der Waals surface area contributed by atoms with Crippen molar-refractivity contribution in [2.24, 2.45) is 5.92 Å². The summed E-state index contributed by atoms with van der Waals surface area (Å²) in [5.41, 5.74) is 0. The van der Waals surface area contributed by atoms with E-state index in [1.165, 1.54) is 0 Å². The van der Waals surface area contributed by atoms with Crippen LogP contribution in [0.5, 0.6) is 0 Å². The molecule has 0 heterocycles. The molecule has 0 aliphatic rings. The first kappa shape index (κ1) is 14.4. The van der Waals surface area contributed by atoms with Gasteiger partial charge < -0.3 is 15.2 Å². The van der Waals surface area contributed by atoms with Crippen molar-refractivity contribution in [1.29, 1.82) is 0 Å². The number of carbonyl (C=O) groups excluding carboxylic acids is 1. The predicted octanol–water partition coefficient (Wildman–Crippen LogP) is 0.935. The van der Waals surface area contributed by atoms with Crippen molar-refractivity contribution >= 4 is 5.91 Å². The number of carbonyl (C=O) groups is 1. The van der Waals surface area contributed by atoms with Gasteiger partial charge in [-0.05, 0) is 26.2 Å². The van der Waals surface area contributed by atoms with Gasteiger partial charge in [-0.25, -0.2) is 0 Å². The molecule has 15 heavy (non-hydrogen) atoms. The summed E-state index contributed by atoms with van der Waals surface area (Å²) >= 11 is 0. The first-order chi connectivity index (χ1) is 6.95. The maximum atomic E-state index is 11.5. The molecule has 0 aliphatic heterocycles. The summed E-state index contributed by atoms with van der Waals surface area (Å²) in [6.07, 6.45) is 0.680. The van der Waals surface area contributed by atoms with E-state index >= 15 is 0 Å². The summed E-state index contributed by atoms with van der Waals surface area (Å²) in [5.74, 6) is 0.251.